The highest BCUT2D eigenvalue weighted by atomic mass is 32.1. The molecule has 0 aliphatic carbocycles. The fraction of sp³-hybridized carbons (Fsp3) is 0.222. The molecule has 1 aromatic carbocycles. The number of aryl methyl sites for hydroxylation is 1. The maximum atomic E-state index is 13.0. The van der Waals surface area contributed by atoms with Crippen LogP contribution in [0.15, 0.2) is 35.1 Å². The molecule has 0 unspecified atom stereocenters. The van der Waals surface area contributed by atoms with E-state index in [9.17, 15) is 14.4 Å². The summed E-state index contributed by atoms with van der Waals surface area (Å²) in [6, 6.07) is 9.58. The number of primary amides is 2. The van der Waals surface area contributed by atoms with Crippen LogP contribution in [-0.2, 0) is 17.8 Å². The molecular formula is C18H18N4O3S. The number of thiophene rings is 1. The van der Waals surface area contributed by atoms with Gasteiger partial charge in [0.05, 0.1) is 10.3 Å². The number of aromatic nitrogens is 2. The van der Waals surface area contributed by atoms with Crippen molar-refractivity contribution in [3.05, 3.63) is 62.5 Å². The van der Waals surface area contributed by atoms with Gasteiger partial charge in [-0.2, -0.15) is 0 Å². The first-order valence-corrected chi connectivity index (χ1v) is 8.85. The maximum absolute atomic E-state index is 13.0. The molecule has 4 N–H and O–H groups in total. The number of carbonyl (C=O) groups is 2. The van der Waals surface area contributed by atoms with Crippen LogP contribution >= 0.6 is 11.3 Å². The van der Waals surface area contributed by atoms with Gasteiger partial charge in [-0.25, -0.2) is 4.98 Å². The van der Waals surface area contributed by atoms with Gasteiger partial charge in [-0.3, -0.25) is 19.0 Å². The number of amides is 2. The first-order valence-electron chi connectivity index (χ1n) is 8.03. The van der Waals surface area contributed by atoms with Crippen molar-refractivity contribution >= 4 is 33.4 Å². The van der Waals surface area contributed by atoms with Crippen molar-refractivity contribution in [1.82, 2.24) is 9.55 Å². The number of hydrogen-bond acceptors (Lipinski definition) is 5. The van der Waals surface area contributed by atoms with Gasteiger partial charge in [0, 0.05) is 19.4 Å². The minimum atomic E-state index is -0.585. The minimum absolute atomic E-state index is 0.0285. The van der Waals surface area contributed by atoms with E-state index in [1.54, 1.807) is 6.92 Å². The van der Waals surface area contributed by atoms with Crippen molar-refractivity contribution in [3.63, 3.8) is 0 Å². The largest absolute Gasteiger partial charge is 0.370 e. The summed E-state index contributed by atoms with van der Waals surface area (Å²) in [5.41, 5.74) is 11.9. The minimum Gasteiger partial charge on any atom is -0.370 e. The molecule has 8 heteroatoms. The Labute approximate surface area is 153 Å². The van der Waals surface area contributed by atoms with Gasteiger partial charge in [0.2, 0.25) is 5.91 Å². The number of benzene rings is 1. The van der Waals surface area contributed by atoms with E-state index in [-0.39, 0.29) is 18.5 Å². The summed E-state index contributed by atoms with van der Waals surface area (Å²) in [5, 5.41) is 0.366. The fourth-order valence-corrected chi connectivity index (χ4v) is 3.90. The predicted molar refractivity (Wildman–Crippen MR) is 100 cm³/mol. The van der Waals surface area contributed by atoms with E-state index < -0.39 is 11.8 Å². The van der Waals surface area contributed by atoms with Gasteiger partial charge in [-0.15, -0.1) is 11.3 Å². The molecule has 3 aromatic rings. The molecule has 0 atom stereocenters. The number of rotatable bonds is 6. The molecule has 0 aliphatic heterocycles. The molecule has 0 bridgehead atoms. The lowest BCUT2D eigenvalue weighted by atomic mass is 10.1. The topological polar surface area (TPSA) is 121 Å². The Morgan fingerprint density at radius 3 is 2.50 bits per heavy atom. The molecule has 2 amide bonds. The van der Waals surface area contributed by atoms with Crippen LogP contribution in [-0.4, -0.2) is 21.4 Å². The standard InChI is InChI=1S/C18H18N4O3S/c1-10-14-17(26-15(10)16(20)24)21-13(9-11-5-3-2-4-6-11)22(18(14)25)8-7-12(19)23/h2-6H,7-9H2,1H3,(H2,19,23)(H2,20,24). The number of carbonyl (C=O) groups excluding carboxylic acids is 2. The van der Waals surface area contributed by atoms with E-state index in [0.717, 1.165) is 16.9 Å². The first kappa shape index (κ1) is 17.8. The van der Waals surface area contributed by atoms with Crippen LogP contribution in [0.3, 0.4) is 0 Å². The highest BCUT2D eigenvalue weighted by molar-refractivity contribution is 7.20. The lowest BCUT2D eigenvalue weighted by Crippen LogP contribution is -2.28. The Bertz CT molecular complexity index is 1050. The molecule has 2 aromatic heterocycles. The predicted octanol–water partition coefficient (Wildman–Crippen LogP) is 1.33. The van der Waals surface area contributed by atoms with Crippen LogP contribution in [0.5, 0.6) is 0 Å². The summed E-state index contributed by atoms with van der Waals surface area (Å²) in [7, 11) is 0. The molecule has 0 saturated heterocycles. The molecule has 7 nitrogen and oxygen atoms in total. The average molecular weight is 370 g/mol. The Morgan fingerprint density at radius 2 is 1.88 bits per heavy atom. The molecule has 134 valence electrons. The van der Waals surface area contributed by atoms with Crippen LogP contribution < -0.4 is 17.0 Å². The number of hydrogen-bond donors (Lipinski definition) is 2. The zero-order valence-corrected chi connectivity index (χ0v) is 15.0. The molecule has 0 fully saturated rings. The Balaban J connectivity index is 2.20. The monoisotopic (exact) mass is 370 g/mol. The Kier molecular flexibility index (Phi) is 4.85. The zero-order valence-electron chi connectivity index (χ0n) is 14.2. The smallest absolute Gasteiger partial charge is 0.262 e. The summed E-state index contributed by atoms with van der Waals surface area (Å²) >= 11 is 1.11. The van der Waals surface area contributed by atoms with Crippen molar-refractivity contribution in [2.24, 2.45) is 11.5 Å². The Hall–Kier alpha value is -3.00. The normalized spacial score (nSPS) is 11.0. The van der Waals surface area contributed by atoms with E-state index in [0.29, 0.717) is 32.9 Å². The maximum Gasteiger partial charge on any atom is 0.262 e. The zero-order chi connectivity index (χ0) is 18.8. The van der Waals surface area contributed by atoms with Crippen LogP contribution in [0.2, 0.25) is 0 Å². The number of fused-ring (bicyclic) bond motifs is 1. The summed E-state index contributed by atoms with van der Waals surface area (Å²) < 4.78 is 1.46. The SMILES string of the molecule is Cc1c(C(N)=O)sc2nc(Cc3ccccc3)n(CCC(N)=O)c(=O)c12. The Morgan fingerprint density at radius 1 is 1.19 bits per heavy atom. The van der Waals surface area contributed by atoms with Gasteiger partial charge in [-0.05, 0) is 18.1 Å². The van der Waals surface area contributed by atoms with Gasteiger partial charge >= 0.3 is 0 Å². The lowest BCUT2D eigenvalue weighted by Gasteiger charge is -2.12. The average Bonchev–Trinajstić information content (AvgIpc) is 2.92. The van der Waals surface area contributed by atoms with Gasteiger partial charge in [0.1, 0.15) is 10.7 Å². The van der Waals surface area contributed by atoms with Crippen molar-refractivity contribution < 1.29 is 9.59 Å². The molecule has 0 saturated carbocycles. The van der Waals surface area contributed by atoms with E-state index in [1.807, 2.05) is 30.3 Å². The number of nitrogens with zero attached hydrogens (tertiary/aromatic N) is 2. The molecule has 0 radical (unpaired) electrons. The second kappa shape index (κ2) is 7.09. The van der Waals surface area contributed by atoms with Crippen molar-refractivity contribution in [2.45, 2.75) is 26.3 Å². The van der Waals surface area contributed by atoms with Gasteiger partial charge in [0.15, 0.2) is 0 Å². The molecular weight excluding hydrogens is 352 g/mol. The van der Waals surface area contributed by atoms with Crippen LogP contribution in [0.4, 0.5) is 0 Å². The van der Waals surface area contributed by atoms with Crippen molar-refractivity contribution in [3.8, 4) is 0 Å². The van der Waals surface area contributed by atoms with Gasteiger partial charge in [0.25, 0.3) is 11.5 Å². The van der Waals surface area contributed by atoms with Gasteiger partial charge in [-0.1, -0.05) is 30.3 Å². The quantitative estimate of drug-likeness (QED) is 0.680. The molecule has 0 spiro atoms. The molecule has 0 aliphatic rings. The second-order valence-electron chi connectivity index (χ2n) is 5.96. The third kappa shape index (κ3) is 3.36. The van der Waals surface area contributed by atoms with Crippen LogP contribution in [0, 0.1) is 6.92 Å². The molecule has 3 rings (SSSR count). The van der Waals surface area contributed by atoms with Crippen LogP contribution in [0.25, 0.3) is 10.2 Å². The van der Waals surface area contributed by atoms with Crippen LogP contribution in [0.1, 0.15) is 33.0 Å². The summed E-state index contributed by atoms with van der Waals surface area (Å²) in [6.07, 6.45) is 0.453. The third-order valence-electron chi connectivity index (χ3n) is 4.14. The summed E-state index contributed by atoms with van der Waals surface area (Å²) in [4.78, 5) is 41.2. The van der Waals surface area contributed by atoms with Gasteiger partial charge < -0.3 is 11.5 Å². The van der Waals surface area contributed by atoms with E-state index in [1.165, 1.54) is 4.57 Å². The third-order valence-corrected chi connectivity index (χ3v) is 5.34. The van der Waals surface area contributed by atoms with Crippen molar-refractivity contribution in [2.75, 3.05) is 0 Å². The van der Waals surface area contributed by atoms with Crippen molar-refractivity contribution in [1.29, 1.82) is 0 Å². The molecule has 2 heterocycles. The molecule has 26 heavy (non-hydrogen) atoms. The summed E-state index contributed by atoms with van der Waals surface area (Å²) in [5.74, 6) is -0.562. The summed E-state index contributed by atoms with van der Waals surface area (Å²) in [6.45, 7) is 1.82. The fourth-order valence-electron chi connectivity index (χ4n) is 2.86. The highest BCUT2D eigenvalue weighted by Crippen LogP contribution is 2.27. The lowest BCUT2D eigenvalue weighted by molar-refractivity contribution is -0.118. The van der Waals surface area contributed by atoms with E-state index in [2.05, 4.69) is 4.98 Å². The van der Waals surface area contributed by atoms with E-state index in [4.69, 9.17) is 11.5 Å². The first-order chi connectivity index (χ1) is 12.4. The highest BCUT2D eigenvalue weighted by Gasteiger charge is 2.20. The number of nitrogens with two attached hydrogens (primary N) is 2. The second-order valence-corrected chi connectivity index (χ2v) is 6.96. The van der Waals surface area contributed by atoms with E-state index >= 15 is 0 Å².